The number of amides is 1. The lowest BCUT2D eigenvalue weighted by atomic mass is 9.94. The van der Waals surface area contributed by atoms with Crippen LogP contribution in [0.15, 0.2) is 53.9 Å². The van der Waals surface area contributed by atoms with E-state index in [4.69, 9.17) is 16.7 Å². The van der Waals surface area contributed by atoms with E-state index in [1.54, 1.807) is 29.6 Å². The molecule has 1 unspecified atom stereocenters. The molecule has 2 aromatic carbocycles. The Kier molecular flexibility index (Phi) is 6.97. The largest absolute Gasteiger partial charge is 0.481 e. The van der Waals surface area contributed by atoms with Gasteiger partial charge in [0, 0.05) is 16.0 Å². The molecule has 0 aliphatic rings. The molecule has 0 fully saturated rings. The quantitative estimate of drug-likeness (QED) is 0.462. The molecule has 3 aromatic rings. The van der Waals surface area contributed by atoms with Crippen LogP contribution in [-0.2, 0) is 22.2 Å². The molecule has 1 heterocycles. The van der Waals surface area contributed by atoms with Crippen LogP contribution >= 0.6 is 22.9 Å². The number of nitrogens with zero attached hydrogens (tertiary/aromatic N) is 1. The van der Waals surface area contributed by atoms with Gasteiger partial charge in [-0.25, -0.2) is 4.98 Å². The summed E-state index contributed by atoms with van der Waals surface area (Å²) in [5, 5.41) is 14.2. The maximum atomic E-state index is 12.7. The molecule has 0 saturated heterocycles. The molecule has 0 bridgehead atoms. The Morgan fingerprint density at radius 2 is 1.81 bits per heavy atom. The minimum Gasteiger partial charge on any atom is -0.481 e. The van der Waals surface area contributed by atoms with Gasteiger partial charge in [0.05, 0.1) is 23.6 Å². The van der Waals surface area contributed by atoms with Gasteiger partial charge in [0.25, 0.3) is 0 Å². The van der Waals surface area contributed by atoms with Crippen molar-refractivity contribution >= 4 is 39.9 Å². The molecule has 10 heteroatoms. The van der Waals surface area contributed by atoms with E-state index in [1.165, 1.54) is 12.1 Å². The number of benzene rings is 2. The molecular weight excluding hydrogens is 453 g/mol. The number of carboxylic acid groups (broad SMARTS) is 1. The second-order valence-electron chi connectivity index (χ2n) is 6.70. The van der Waals surface area contributed by atoms with Gasteiger partial charge in [-0.15, -0.1) is 11.3 Å². The summed E-state index contributed by atoms with van der Waals surface area (Å²) in [4.78, 5) is 28.2. The van der Waals surface area contributed by atoms with Gasteiger partial charge in [-0.2, -0.15) is 13.2 Å². The number of halogens is 4. The summed E-state index contributed by atoms with van der Waals surface area (Å²) in [6, 6.07) is 11.4. The minimum atomic E-state index is -4.47. The number of carbonyl (C=O) groups excluding carboxylic acids is 1. The highest BCUT2D eigenvalue weighted by Crippen LogP contribution is 2.31. The molecule has 31 heavy (non-hydrogen) atoms. The summed E-state index contributed by atoms with van der Waals surface area (Å²) >= 11 is 7.31. The average molecular weight is 469 g/mol. The van der Waals surface area contributed by atoms with Crippen molar-refractivity contribution in [3.05, 3.63) is 70.1 Å². The van der Waals surface area contributed by atoms with Gasteiger partial charge in [-0.05, 0) is 30.2 Å². The Labute approximate surface area is 184 Å². The predicted octanol–water partition coefficient (Wildman–Crippen LogP) is 5.75. The zero-order valence-electron chi connectivity index (χ0n) is 15.8. The number of aliphatic carboxylic acids is 1. The Hall–Kier alpha value is -2.91. The number of hydrogen-bond acceptors (Lipinski definition) is 4. The number of alkyl halides is 3. The lowest BCUT2D eigenvalue weighted by Crippen LogP contribution is -2.27. The molecule has 0 radical (unpaired) electrons. The third-order valence-electron chi connectivity index (χ3n) is 4.44. The molecule has 0 aliphatic heterocycles. The van der Waals surface area contributed by atoms with E-state index in [-0.39, 0.29) is 11.6 Å². The van der Waals surface area contributed by atoms with Crippen molar-refractivity contribution in [3.8, 4) is 11.3 Å². The third-order valence-corrected chi connectivity index (χ3v) is 5.53. The van der Waals surface area contributed by atoms with E-state index in [0.717, 1.165) is 23.5 Å². The molecular formula is C21H16ClF3N2O3S. The normalized spacial score (nSPS) is 12.4. The lowest BCUT2D eigenvalue weighted by molar-refractivity contribution is -0.140. The van der Waals surface area contributed by atoms with E-state index in [0.29, 0.717) is 21.8 Å². The molecule has 1 atom stereocenters. The first-order chi connectivity index (χ1) is 14.6. The van der Waals surface area contributed by atoms with Gasteiger partial charge < -0.3 is 10.4 Å². The molecule has 0 aliphatic carbocycles. The summed E-state index contributed by atoms with van der Waals surface area (Å²) in [5.41, 5.74) is 0.854. The number of anilines is 1. The Bertz CT molecular complexity index is 1080. The Balaban J connectivity index is 1.73. The molecule has 3 rings (SSSR count). The first-order valence-electron chi connectivity index (χ1n) is 9.02. The van der Waals surface area contributed by atoms with Crippen molar-refractivity contribution in [1.29, 1.82) is 0 Å². The van der Waals surface area contributed by atoms with Crippen LogP contribution in [-0.4, -0.2) is 22.0 Å². The predicted molar refractivity (Wildman–Crippen MR) is 112 cm³/mol. The molecule has 1 aromatic heterocycles. The van der Waals surface area contributed by atoms with Crippen molar-refractivity contribution < 1.29 is 27.9 Å². The van der Waals surface area contributed by atoms with Crippen LogP contribution in [0.3, 0.4) is 0 Å². The van der Waals surface area contributed by atoms with E-state index >= 15 is 0 Å². The van der Waals surface area contributed by atoms with Crippen molar-refractivity contribution in [1.82, 2.24) is 4.98 Å². The molecule has 0 spiro atoms. The van der Waals surface area contributed by atoms with Crippen LogP contribution in [0.4, 0.5) is 18.3 Å². The average Bonchev–Trinajstić information content (AvgIpc) is 3.15. The van der Waals surface area contributed by atoms with Crippen molar-refractivity contribution in [3.63, 3.8) is 0 Å². The summed E-state index contributed by atoms with van der Waals surface area (Å²) in [7, 11) is 0. The van der Waals surface area contributed by atoms with E-state index in [9.17, 15) is 22.8 Å². The second kappa shape index (κ2) is 9.49. The van der Waals surface area contributed by atoms with Gasteiger partial charge in [0.1, 0.15) is 0 Å². The molecule has 1 amide bonds. The SMILES string of the molecule is O=C(O)CC(Cc1ccc(C(F)(F)F)cc1)C(=O)Nc1nc(-c2ccccc2Cl)cs1. The second-order valence-corrected chi connectivity index (χ2v) is 7.97. The molecule has 2 N–H and O–H groups in total. The van der Waals surface area contributed by atoms with Gasteiger partial charge in [-0.3, -0.25) is 9.59 Å². The number of aromatic nitrogens is 1. The lowest BCUT2D eigenvalue weighted by Gasteiger charge is -2.15. The first-order valence-corrected chi connectivity index (χ1v) is 10.3. The Morgan fingerprint density at radius 1 is 1.13 bits per heavy atom. The number of rotatable bonds is 7. The fourth-order valence-electron chi connectivity index (χ4n) is 2.91. The first kappa shape index (κ1) is 22.8. The summed E-state index contributed by atoms with van der Waals surface area (Å²) in [5.74, 6) is -2.76. The van der Waals surface area contributed by atoms with Gasteiger partial charge >= 0.3 is 12.1 Å². The maximum Gasteiger partial charge on any atom is 0.416 e. The van der Waals surface area contributed by atoms with Crippen LogP contribution < -0.4 is 5.32 Å². The number of nitrogens with one attached hydrogen (secondary N) is 1. The highest BCUT2D eigenvalue weighted by atomic mass is 35.5. The molecule has 162 valence electrons. The summed E-state index contributed by atoms with van der Waals surface area (Å²) < 4.78 is 38.2. The van der Waals surface area contributed by atoms with Crippen molar-refractivity contribution in [2.24, 2.45) is 5.92 Å². The van der Waals surface area contributed by atoms with Gasteiger partial charge in [0.15, 0.2) is 5.13 Å². The Morgan fingerprint density at radius 3 is 2.42 bits per heavy atom. The number of hydrogen-bond donors (Lipinski definition) is 2. The summed E-state index contributed by atoms with van der Waals surface area (Å²) in [6.07, 6.45) is -4.98. The van der Waals surface area contributed by atoms with Crippen LogP contribution in [0.1, 0.15) is 17.5 Å². The zero-order chi connectivity index (χ0) is 22.6. The maximum absolute atomic E-state index is 12.7. The third kappa shape index (κ3) is 6.05. The van der Waals surface area contributed by atoms with Gasteiger partial charge in [-0.1, -0.05) is 41.9 Å². The highest BCUT2D eigenvalue weighted by Gasteiger charge is 2.30. The van der Waals surface area contributed by atoms with E-state index < -0.39 is 36.0 Å². The number of thiazole rings is 1. The standard InChI is InChI=1S/C21H16ClF3N2O3S/c22-16-4-2-1-3-15(16)17-11-31-20(26-17)27-19(30)13(10-18(28)29)9-12-5-7-14(8-6-12)21(23,24)25/h1-8,11,13H,9-10H2,(H,28,29)(H,26,27,30). The van der Waals surface area contributed by atoms with Gasteiger partial charge in [0.2, 0.25) is 5.91 Å². The monoisotopic (exact) mass is 468 g/mol. The minimum absolute atomic E-state index is 0.0288. The molecule has 5 nitrogen and oxygen atoms in total. The number of carboxylic acids is 1. The molecule has 0 saturated carbocycles. The highest BCUT2D eigenvalue weighted by molar-refractivity contribution is 7.14. The fourth-order valence-corrected chi connectivity index (χ4v) is 3.86. The number of carbonyl (C=O) groups is 2. The van der Waals surface area contributed by atoms with Crippen LogP contribution in [0, 0.1) is 5.92 Å². The van der Waals surface area contributed by atoms with E-state index in [2.05, 4.69) is 10.3 Å². The van der Waals surface area contributed by atoms with Crippen molar-refractivity contribution in [2.75, 3.05) is 5.32 Å². The zero-order valence-corrected chi connectivity index (χ0v) is 17.4. The topological polar surface area (TPSA) is 79.3 Å². The smallest absolute Gasteiger partial charge is 0.416 e. The van der Waals surface area contributed by atoms with E-state index in [1.807, 2.05) is 0 Å². The van der Waals surface area contributed by atoms with Crippen LogP contribution in [0.5, 0.6) is 0 Å². The van der Waals surface area contributed by atoms with Crippen LogP contribution in [0.2, 0.25) is 5.02 Å². The summed E-state index contributed by atoms with van der Waals surface area (Å²) in [6.45, 7) is 0. The fraction of sp³-hybridized carbons (Fsp3) is 0.190. The van der Waals surface area contributed by atoms with Crippen molar-refractivity contribution in [2.45, 2.75) is 19.0 Å². The van der Waals surface area contributed by atoms with Crippen LogP contribution in [0.25, 0.3) is 11.3 Å².